The SMILES string of the molecule is N#Cc1cn(C2CCC2)nc1N. The van der Waals surface area contributed by atoms with Crippen molar-refractivity contribution in [3.8, 4) is 6.07 Å². The Kier molecular flexibility index (Phi) is 1.51. The second kappa shape index (κ2) is 2.52. The molecule has 0 atom stereocenters. The van der Waals surface area contributed by atoms with Gasteiger partial charge in [0.2, 0.25) is 0 Å². The molecule has 0 amide bonds. The normalized spacial score (nSPS) is 16.9. The van der Waals surface area contributed by atoms with Gasteiger partial charge in [0, 0.05) is 6.20 Å². The van der Waals surface area contributed by atoms with Crippen LogP contribution in [0.5, 0.6) is 0 Å². The summed E-state index contributed by atoms with van der Waals surface area (Å²) < 4.78 is 1.82. The predicted molar refractivity (Wildman–Crippen MR) is 44.2 cm³/mol. The van der Waals surface area contributed by atoms with E-state index in [0.29, 0.717) is 17.4 Å². The van der Waals surface area contributed by atoms with Gasteiger partial charge in [-0.25, -0.2) is 0 Å². The monoisotopic (exact) mass is 162 g/mol. The zero-order chi connectivity index (χ0) is 8.55. The van der Waals surface area contributed by atoms with Crippen molar-refractivity contribution in [2.45, 2.75) is 25.3 Å². The molecular weight excluding hydrogens is 152 g/mol. The van der Waals surface area contributed by atoms with Crippen molar-refractivity contribution in [3.05, 3.63) is 11.8 Å². The molecule has 0 radical (unpaired) electrons. The number of anilines is 1. The van der Waals surface area contributed by atoms with Crippen LogP contribution in [0.1, 0.15) is 30.9 Å². The average molecular weight is 162 g/mol. The quantitative estimate of drug-likeness (QED) is 0.671. The van der Waals surface area contributed by atoms with Crippen LogP contribution in [0.25, 0.3) is 0 Å². The highest BCUT2D eigenvalue weighted by molar-refractivity contribution is 5.46. The Morgan fingerprint density at radius 3 is 2.83 bits per heavy atom. The van der Waals surface area contributed by atoms with E-state index in [1.54, 1.807) is 6.20 Å². The summed E-state index contributed by atoms with van der Waals surface area (Å²) >= 11 is 0. The first-order chi connectivity index (χ1) is 5.81. The lowest BCUT2D eigenvalue weighted by atomic mass is 9.93. The van der Waals surface area contributed by atoms with Gasteiger partial charge in [-0.05, 0) is 19.3 Å². The fourth-order valence-corrected chi connectivity index (χ4v) is 1.33. The predicted octanol–water partition coefficient (Wildman–Crippen LogP) is 1.06. The van der Waals surface area contributed by atoms with Gasteiger partial charge in [0.25, 0.3) is 0 Å². The Balaban J connectivity index is 2.28. The molecule has 0 aliphatic heterocycles. The van der Waals surface area contributed by atoms with Crippen molar-refractivity contribution in [1.29, 1.82) is 5.26 Å². The van der Waals surface area contributed by atoms with Gasteiger partial charge in [-0.2, -0.15) is 10.4 Å². The lowest BCUT2D eigenvalue weighted by Crippen LogP contribution is -2.17. The van der Waals surface area contributed by atoms with Crippen LogP contribution in [-0.2, 0) is 0 Å². The highest BCUT2D eigenvalue weighted by Crippen LogP contribution is 2.31. The largest absolute Gasteiger partial charge is 0.381 e. The summed E-state index contributed by atoms with van der Waals surface area (Å²) in [5.74, 6) is 0.351. The molecule has 1 saturated carbocycles. The van der Waals surface area contributed by atoms with Crippen molar-refractivity contribution < 1.29 is 0 Å². The Labute approximate surface area is 70.6 Å². The van der Waals surface area contributed by atoms with Crippen molar-refractivity contribution in [2.24, 2.45) is 0 Å². The maximum Gasteiger partial charge on any atom is 0.163 e. The molecule has 12 heavy (non-hydrogen) atoms. The molecule has 0 bridgehead atoms. The number of nitrogen functional groups attached to an aromatic ring is 1. The van der Waals surface area contributed by atoms with Crippen LogP contribution in [-0.4, -0.2) is 9.78 Å². The number of nitriles is 1. The molecule has 1 heterocycles. The fourth-order valence-electron chi connectivity index (χ4n) is 1.33. The Bertz CT molecular complexity index is 329. The van der Waals surface area contributed by atoms with Crippen LogP contribution in [0.3, 0.4) is 0 Å². The summed E-state index contributed by atoms with van der Waals surface area (Å²) in [4.78, 5) is 0. The van der Waals surface area contributed by atoms with Crippen molar-refractivity contribution in [1.82, 2.24) is 9.78 Å². The molecule has 2 N–H and O–H groups in total. The van der Waals surface area contributed by atoms with Gasteiger partial charge in [-0.1, -0.05) is 0 Å². The molecule has 2 rings (SSSR count). The van der Waals surface area contributed by atoms with Crippen molar-refractivity contribution in [2.75, 3.05) is 5.73 Å². The van der Waals surface area contributed by atoms with E-state index < -0.39 is 0 Å². The number of nitrogens with zero attached hydrogens (tertiary/aromatic N) is 3. The van der Waals surface area contributed by atoms with Gasteiger partial charge in [-0.15, -0.1) is 0 Å². The van der Waals surface area contributed by atoms with Crippen LogP contribution in [0.2, 0.25) is 0 Å². The lowest BCUT2D eigenvalue weighted by molar-refractivity contribution is 0.290. The molecular formula is C8H10N4. The van der Waals surface area contributed by atoms with Crippen LogP contribution < -0.4 is 5.73 Å². The molecule has 1 aliphatic rings. The number of rotatable bonds is 1. The van der Waals surface area contributed by atoms with E-state index in [4.69, 9.17) is 11.0 Å². The second-order valence-corrected chi connectivity index (χ2v) is 3.10. The molecule has 4 nitrogen and oxygen atoms in total. The number of hydrogen-bond donors (Lipinski definition) is 1. The number of aromatic nitrogens is 2. The third-order valence-electron chi connectivity index (χ3n) is 2.33. The molecule has 1 aliphatic carbocycles. The average Bonchev–Trinajstić information content (AvgIpc) is 2.27. The van der Waals surface area contributed by atoms with Gasteiger partial charge in [0.15, 0.2) is 5.82 Å². The highest BCUT2D eigenvalue weighted by Gasteiger charge is 2.21. The van der Waals surface area contributed by atoms with Gasteiger partial charge in [0.05, 0.1) is 6.04 Å². The molecule has 0 aromatic carbocycles. The summed E-state index contributed by atoms with van der Waals surface area (Å²) in [6.07, 6.45) is 5.31. The molecule has 1 aromatic rings. The first-order valence-electron chi connectivity index (χ1n) is 4.06. The van der Waals surface area contributed by atoms with Gasteiger partial charge in [-0.3, -0.25) is 4.68 Å². The van der Waals surface area contributed by atoms with E-state index in [1.165, 1.54) is 6.42 Å². The van der Waals surface area contributed by atoms with E-state index in [9.17, 15) is 0 Å². The Hall–Kier alpha value is -1.50. The summed E-state index contributed by atoms with van der Waals surface area (Å²) in [6.45, 7) is 0. The van der Waals surface area contributed by atoms with E-state index in [2.05, 4.69) is 5.10 Å². The van der Waals surface area contributed by atoms with Crippen LogP contribution in [0, 0.1) is 11.3 Å². The second-order valence-electron chi connectivity index (χ2n) is 3.10. The number of nitrogens with two attached hydrogens (primary N) is 1. The molecule has 0 spiro atoms. The lowest BCUT2D eigenvalue weighted by Gasteiger charge is -2.25. The third-order valence-corrected chi connectivity index (χ3v) is 2.33. The minimum absolute atomic E-state index is 0.351. The molecule has 1 fully saturated rings. The number of hydrogen-bond acceptors (Lipinski definition) is 3. The smallest absolute Gasteiger partial charge is 0.163 e. The van der Waals surface area contributed by atoms with E-state index in [0.717, 1.165) is 12.8 Å². The summed E-state index contributed by atoms with van der Waals surface area (Å²) in [7, 11) is 0. The van der Waals surface area contributed by atoms with Crippen LogP contribution in [0.15, 0.2) is 6.20 Å². The minimum Gasteiger partial charge on any atom is -0.381 e. The minimum atomic E-state index is 0.351. The first-order valence-corrected chi connectivity index (χ1v) is 4.06. The maximum atomic E-state index is 8.62. The van der Waals surface area contributed by atoms with Crippen LogP contribution >= 0.6 is 0 Å². The van der Waals surface area contributed by atoms with E-state index in [1.807, 2.05) is 10.8 Å². The standard InChI is InChI=1S/C8H10N4/c9-4-6-5-12(11-8(6)10)7-2-1-3-7/h5,7H,1-3H2,(H2,10,11). The molecule has 1 aromatic heterocycles. The molecule has 0 saturated heterocycles. The zero-order valence-electron chi connectivity index (χ0n) is 6.70. The van der Waals surface area contributed by atoms with Gasteiger partial charge >= 0.3 is 0 Å². The summed E-state index contributed by atoms with van der Waals surface area (Å²) in [6, 6.07) is 2.49. The Morgan fingerprint density at radius 2 is 2.42 bits per heavy atom. The molecule has 4 heteroatoms. The highest BCUT2D eigenvalue weighted by atomic mass is 15.3. The topological polar surface area (TPSA) is 67.6 Å². The zero-order valence-corrected chi connectivity index (χ0v) is 6.70. The van der Waals surface area contributed by atoms with Crippen molar-refractivity contribution in [3.63, 3.8) is 0 Å². The molecule has 0 unspecified atom stereocenters. The summed E-state index contributed by atoms with van der Waals surface area (Å²) in [5, 5.41) is 12.7. The van der Waals surface area contributed by atoms with Gasteiger partial charge in [0.1, 0.15) is 11.6 Å². The first kappa shape index (κ1) is 7.17. The molecule has 62 valence electrons. The van der Waals surface area contributed by atoms with E-state index in [-0.39, 0.29) is 0 Å². The Morgan fingerprint density at radius 1 is 1.67 bits per heavy atom. The maximum absolute atomic E-state index is 8.62. The van der Waals surface area contributed by atoms with E-state index >= 15 is 0 Å². The van der Waals surface area contributed by atoms with Crippen molar-refractivity contribution >= 4 is 5.82 Å². The van der Waals surface area contributed by atoms with Gasteiger partial charge < -0.3 is 5.73 Å². The third kappa shape index (κ3) is 0.944. The fraction of sp³-hybridized carbons (Fsp3) is 0.500. The van der Waals surface area contributed by atoms with Crippen LogP contribution in [0.4, 0.5) is 5.82 Å². The summed E-state index contributed by atoms with van der Waals surface area (Å²) in [5.41, 5.74) is 6.00.